The van der Waals surface area contributed by atoms with E-state index in [9.17, 15) is 19.3 Å². The van der Waals surface area contributed by atoms with Crippen molar-refractivity contribution in [1.82, 2.24) is 4.90 Å². The Balaban J connectivity index is 2.13. The number of aliphatic hydroxyl groups excluding tert-OH is 1. The number of carbonyl (C=O) groups excluding carboxylic acids is 2. The Labute approximate surface area is 159 Å². The molecule has 1 aromatic carbocycles. The number of hydrogen-bond donors (Lipinski definition) is 1. The monoisotopic (exact) mass is 398 g/mol. The van der Waals surface area contributed by atoms with Crippen molar-refractivity contribution in [2.24, 2.45) is 0 Å². The standard InChI is InChI=1S/C18H25NO7P/c1-4-24-18(25-5-2,26-27(23)6-3)11-13(20)12-19-16(21)14-9-7-8-10-15(14)17(19)22/h7-10,13,20H,4-6,11-12H2,1-3H3/q+1. The summed E-state index contributed by atoms with van der Waals surface area (Å²) in [6.07, 6.45) is -1.14. The lowest BCUT2D eigenvalue weighted by Crippen LogP contribution is -2.45. The zero-order valence-corrected chi connectivity index (χ0v) is 16.6. The molecule has 0 saturated heterocycles. The van der Waals surface area contributed by atoms with Crippen LogP contribution in [0.1, 0.15) is 47.9 Å². The van der Waals surface area contributed by atoms with E-state index < -0.39 is 31.9 Å². The topological polar surface area (TPSA) is 102 Å². The average Bonchev–Trinajstić information content (AvgIpc) is 2.87. The van der Waals surface area contributed by atoms with Gasteiger partial charge < -0.3 is 14.6 Å². The van der Waals surface area contributed by atoms with Gasteiger partial charge in [0, 0.05) is 13.2 Å². The lowest BCUT2D eigenvalue weighted by Gasteiger charge is -2.30. The van der Waals surface area contributed by atoms with E-state index in [1.807, 2.05) is 0 Å². The molecule has 148 valence electrons. The highest BCUT2D eigenvalue weighted by molar-refractivity contribution is 7.39. The van der Waals surface area contributed by atoms with Gasteiger partial charge in [-0.3, -0.25) is 14.5 Å². The fraction of sp³-hybridized carbons (Fsp3) is 0.556. The van der Waals surface area contributed by atoms with E-state index in [-0.39, 0.29) is 32.3 Å². The van der Waals surface area contributed by atoms with Gasteiger partial charge in [-0.15, -0.1) is 0 Å². The Hall–Kier alpha value is -1.70. The molecule has 1 heterocycles. The van der Waals surface area contributed by atoms with E-state index in [1.165, 1.54) is 0 Å². The Morgan fingerprint density at radius 2 is 1.59 bits per heavy atom. The maximum Gasteiger partial charge on any atom is 0.513 e. The summed E-state index contributed by atoms with van der Waals surface area (Å²) in [6.45, 7) is 5.27. The highest BCUT2D eigenvalue weighted by Gasteiger charge is 2.45. The number of carbonyl (C=O) groups is 2. The molecule has 1 N–H and O–H groups in total. The lowest BCUT2D eigenvalue weighted by atomic mass is 10.1. The van der Waals surface area contributed by atoms with Gasteiger partial charge in [0.25, 0.3) is 11.8 Å². The van der Waals surface area contributed by atoms with Crippen LogP contribution in [-0.2, 0) is 18.6 Å². The third-order valence-corrected chi connectivity index (χ3v) is 4.98. The van der Waals surface area contributed by atoms with Crippen LogP contribution in [0.2, 0.25) is 0 Å². The second-order valence-electron chi connectivity index (χ2n) is 5.91. The molecule has 2 amide bonds. The molecule has 0 bridgehead atoms. The van der Waals surface area contributed by atoms with Crippen molar-refractivity contribution in [3.8, 4) is 0 Å². The van der Waals surface area contributed by atoms with Crippen molar-refractivity contribution >= 4 is 19.8 Å². The molecule has 9 heteroatoms. The molecule has 2 unspecified atom stereocenters. The van der Waals surface area contributed by atoms with Gasteiger partial charge in [0.05, 0.1) is 30.2 Å². The predicted molar refractivity (Wildman–Crippen MR) is 97.6 cm³/mol. The second kappa shape index (κ2) is 9.48. The smallest absolute Gasteiger partial charge is 0.391 e. The molecule has 8 nitrogen and oxygen atoms in total. The van der Waals surface area contributed by atoms with Crippen molar-refractivity contribution in [1.29, 1.82) is 0 Å². The van der Waals surface area contributed by atoms with E-state index in [1.54, 1.807) is 45.0 Å². The number of nitrogens with zero attached hydrogens (tertiary/aromatic N) is 1. The Morgan fingerprint density at radius 3 is 2.04 bits per heavy atom. The van der Waals surface area contributed by atoms with Crippen molar-refractivity contribution in [2.75, 3.05) is 25.9 Å². The summed E-state index contributed by atoms with van der Waals surface area (Å²) in [4.78, 5) is 25.9. The minimum absolute atomic E-state index is 0.201. The largest absolute Gasteiger partial charge is 0.513 e. The summed E-state index contributed by atoms with van der Waals surface area (Å²) in [6, 6.07) is 6.49. The summed E-state index contributed by atoms with van der Waals surface area (Å²) < 4.78 is 28.4. The van der Waals surface area contributed by atoms with E-state index >= 15 is 0 Å². The number of hydrogen-bond acceptors (Lipinski definition) is 7. The average molecular weight is 398 g/mol. The van der Waals surface area contributed by atoms with Gasteiger partial charge in [0.1, 0.15) is 0 Å². The number of aliphatic hydroxyl groups is 1. The lowest BCUT2D eigenvalue weighted by molar-refractivity contribution is -0.348. The van der Waals surface area contributed by atoms with Crippen LogP contribution in [-0.4, -0.2) is 59.8 Å². The van der Waals surface area contributed by atoms with Crippen LogP contribution in [0.4, 0.5) is 0 Å². The Kier molecular flexibility index (Phi) is 7.59. The van der Waals surface area contributed by atoms with Crippen molar-refractivity contribution in [3.05, 3.63) is 35.4 Å². The summed E-state index contributed by atoms with van der Waals surface area (Å²) in [7, 11) is -2.05. The molecule has 1 aliphatic rings. The summed E-state index contributed by atoms with van der Waals surface area (Å²) in [5.41, 5.74) is 0.613. The Bertz CT molecular complexity index is 668. The molecule has 0 saturated carbocycles. The van der Waals surface area contributed by atoms with Crippen LogP contribution in [0.3, 0.4) is 0 Å². The molecular formula is C18H25NO7P+. The van der Waals surface area contributed by atoms with Crippen LogP contribution < -0.4 is 0 Å². The van der Waals surface area contributed by atoms with Gasteiger partial charge in [0.15, 0.2) is 6.16 Å². The molecule has 2 atom stereocenters. The molecule has 1 aliphatic heterocycles. The minimum Gasteiger partial charge on any atom is -0.391 e. The van der Waals surface area contributed by atoms with Crippen LogP contribution in [0, 0.1) is 0 Å². The van der Waals surface area contributed by atoms with E-state index in [0.717, 1.165) is 4.90 Å². The van der Waals surface area contributed by atoms with Crippen LogP contribution in [0.5, 0.6) is 0 Å². The van der Waals surface area contributed by atoms with Crippen molar-refractivity contribution < 1.29 is 33.3 Å². The van der Waals surface area contributed by atoms with Gasteiger partial charge in [-0.05, 0) is 37.5 Å². The third kappa shape index (κ3) is 4.97. The molecule has 27 heavy (non-hydrogen) atoms. The summed E-state index contributed by atoms with van der Waals surface area (Å²) >= 11 is 0. The first-order valence-corrected chi connectivity index (χ1v) is 10.3. The number of fused-ring (bicyclic) bond motifs is 1. The Morgan fingerprint density at radius 1 is 1.07 bits per heavy atom. The SMILES string of the molecule is CCOC(CC(O)CN1C(=O)c2ccccc2C1=O)(OCC)O[P+](=O)CC. The van der Waals surface area contributed by atoms with E-state index in [2.05, 4.69) is 0 Å². The first-order valence-electron chi connectivity index (χ1n) is 8.92. The number of benzene rings is 1. The van der Waals surface area contributed by atoms with Gasteiger partial charge in [0.2, 0.25) is 0 Å². The van der Waals surface area contributed by atoms with Crippen molar-refractivity contribution in [3.63, 3.8) is 0 Å². The first-order chi connectivity index (χ1) is 12.9. The molecule has 1 aromatic rings. The van der Waals surface area contributed by atoms with Crippen LogP contribution >= 0.6 is 8.03 Å². The quantitative estimate of drug-likeness (QED) is 0.347. The minimum atomic E-state index is -2.05. The maximum atomic E-state index is 12.4. The highest BCUT2D eigenvalue weighted by Crippen LogP contribution is 2.35. The van der Waals surface area contributed by atoms with Crippen LogP contribution in [0.15, 0.2) is 24.3 Å². The molecule has 2 rings (SSSR count). The van der Waals surface area contributed by atoms with Gasteiger partial charge in [-0.25, -0.2) is 0 Å². The van der Waals surface area contributed by atoms with Crippen molar-refractivity contribution in [2.45, 2.75) is 39.3 Å². The van der Waals surface area contributed by atoms with E-state index in [0.29, 0.717) is 11.1 Å². The first kappa shape index (κ1) is 21.6. The second-order valence-corrected chi connectivity index (χ2v) is 7.39. The zero-order chi connectivity index (χ0) is 20.0. The molecule has 0 aromatic heterocycles. The molecular weight excluding hydrogens is 373 g/mol. The van der Waals surface area contributed by atoms with Gasteiger partial charge in [-0.1, -0.05) is 16.7 Å². The van der Waals surface area contributed by atoms with Crippen LogP contribution in [0.25, 0.3) is 0 Å². The number of ether oxygens (including phenoxy) is 2. The molecule has 0 aliphatic carbocycles. The normalized spacial score (nSPS) is 15.9. The third-order valence-electron chi connectivity index (χ3n) is 3.98. The fourth-order valence-corrected chi connectivity index (χ4v) is 3.50. The fourth-order valence-electron chi connectivity index (χ4n) is 2.88. The van der Waals surface area contributed by atoms with Gasteiger partial charge >= 0.3 is 14.0 Å². The zero-order valence-electron chi connectivity index (χ0n) is 15.7. The summed E-state index contributed by atoms with van der Waals surface area (Å²) in [5, 5.41) is 10.5. The number of imide groups is 1. The number of β-amino-alcohol motifs (C(OH)–C–C–N with tert-alkyl or cyclic N) is 1. The molecule has 0 radical (unpaired) electrons. The maximum absolute atomic E-state index is 12.4. The van der Waals surface area contributed by atoms with Gasteiger partial charge in [-0.2, -0.15) is 0 Å². The number of rotatable bonds is 11. The van der Waals surface area contributed by atoms with E-state index in [4.69, 9.17) is 14.0 Å². The summed E-state index contributed by atoms with van der Waals surface area (Å²) in [5.74, 6) is -2.63. The highest BCUT2D eigenvalue weighted by atomic mass is 31.1. The molecule has 0 fully saturated rings. The predicted octanol–water partition coefficient (Wildman–Crippen LogP) is 2.54. The molecule has 0 spiro atoms. The number of amides is 2.